The lowest BCUT2D eigenvalue weighted by atomic mass is 10.1. The molecule has 4 unspecified atom stereocenters. The van der Waals surface area contributed by atoms with Gasteiger partial charge < -0.3 is 64.6 Å². The highest BCUT2D eigenvalue weighted by Crippen LogP contribution is 2.11. The second kappa shape index (κ2) is 25.0. The molecule has 1 fully saturated rings. The Morgan fingerprint density at radius 1 is 0.461 bits per heavy atom. The van der Waals surface area contributed by atoms with Crippen molar-refractivity contribution in [2.45, 2.75) is 36.6 Å². The number of nitrogens with zero attached hydrogens (tertiary/aromatic N) is 6. The molecule has 0 spiro atoms. The lowest BCUT2D eigenvalue weighted by molar-refractivity contribution is -0.135. The summed E-state index contributed by atoms with van der Waals surface area (Å²) in [5.41, 5.74) is 13.4. The number of primary amides is 1. The van der Waals surface area contributed by atoms with E-state index in [1.807, 2.05) is 0 Å². The number of benzene rings is 3. The summed E-state index contributed by atoms with van der Waals surface area (Å²) in [5.74, 6) is -11.4. The molecule has 0 radical (unpaired) electrons. The van der Waals surface area contributed by atoms with Gasteiger partial charge in [-0.25, -0.2) is 15.0 Å². The number of aromatic nitrogens is 6. The van der Waals surface area contributed by atoms with E-state index in [0.29, 0.717) is 33.1 Å². The third kappa shape index (κ3) is 14.3. The van der Waals surface area contributed by atoms with Crippen molar-refractivity contribution in [2.75, 3.05) is 39.3 Å². The fourth-order valence-electron chi connectivity index (χ4n) is 7.17. The van der Waals surface area contributed by atoms with Gasteiger partial charge in [0, 0.05) is 26.2 Å². The van der Waals surface area contributed by atoms with Crippen molar-refractivity contribution in [1.82, 2.24) is 83.1 Å². The molecule has 1 aliphatic heterocycles. The predicted molar refractivity (Wildman–Crippen MR) is 264 cm³/mol. The number of hydrogen-bond donors (Lipinski definition) is 12. The Kier molecular flexibility index (Phi) is 17.6. The van der Waals surface area contributed by atoms with Crippen LogP contribution >= 0.6 is 0 Å². The zero-order valence-electron chi connectivity index (χ0n) is 39.8. The van der Waals surface area contributed by atoms with Gasteiger partial charge in [-0.1, -0.05) is 36.4 Å². The van der Waals surface area contributed by atoms with Crippen LogP contribution in [0.15, 0.2) is 91.4 Å². The monoisotopic (exact) mass is 1040 g/mol. The van der Waals surface area contributed by atoms with Crippen molar-refractivity contribution < 1.29 is 52.7 Å². The lowest BCUT2D eigenvalue weighted by Crippen LogP contribution is -2.62. The second-order valence-corrected chi connectivity index (χ2v) is 16.6. The molecule has 29 nitrogen and oxygen atoms in total. The quantitative estimate of drug-likeness (QED) is 0.0576. The van der Waals surface area contributed by atoms with Gasteiger partial charge in [0.15, 0.2) is 0 Å². The first-order valence-corrected chi connectivity index (χ1v) is 23.1. The highest BCUT2D eigenvalue weighted by atomic mass is 16.2. The summed E-state index contributed by atoms with van der Waals surface area (Å²) in [6.07, 6.45) is 2.60. The van der Waals surface area contributed by atoms with Crippen LogP contribution in [-0.4, -0.2) is 164 Å². The van der Waals surface area contributed by atoms with Gasteiger partial charge in [0.25, 0.3) is 17.7 Å². The van der Waals surface area contributed by atoms with Crippen LogP contribution < -0.4 is 64.6 Å². The Balaban J connectivity index is 1.13. The predicted octanol–water partition coefficient (Wildman–Crippen LogP) is -5.39. The third-order valence-corrected chi connectivity index (χ3v) is 11.2. The highest BCUT2D eigenvalue weighted by molar-refractivity contribution is 6.00. The van der Waals surface area contributed by atoms with Crippen LogP contribution in [0.5, 0.6) is 0 Å². The number of rotatable bonds is 11. The first-order chi connectivity index (χ1) is 36.5. The molecule has 3 aromatic carbocycles. The first kappa shape index (κ1) is 53.6. The van der Waals surface area contributed by atoms with Crippen LogP contribution in [0.2, 0.25) is 0 Å². The molecule has 6 aromatic rings. The fraction of sp³-hybridized carbons (Fsp3) is 0.255. The molecule has 5 atom stereocenters. The maximum absolute atomic E-state index is 14.2. The minimum absolute atomic E-state index is 0.168. The molecular weight excluding hydrogens is 993 g/mol. The molecule has 14 N–H and O–H groups in total. The van der Waals surface area contributed by atoms with Gasteiger partial charge in [0.05, 0.1) is 71.2 Å². The fourth-order valence-corrected chi connectivity index (χ4v) is 7.17. The highest BCUT2D eigenvalue weighted by Gasteiger charge is 2.33. The molecule has 0 saturated carbocycles. The molecule has 3 aromatic heterocycles. The average molecular weight is 1040 g/mol. The topological polar surface area (TPSA) is 437 Å². The van der Waals surface area contributed by atoms with Crippen molar-refractivity contribution in [1.29, 1.82) is 0 Å². The number of nitrogens with two attached hydrogens (primary N) is 2. The van der Waals surface area contributed by atoms with Crippen LogP contribution in [-0.2, 0) is 38.4 Å². The molecule has 392 valence electrons. The summed E-state index contributed by atoms with van der Waals surface area (Å²) in [5, 5.41) is 23.5. The maximum atomic E-state index is 14.2. The lowest BCUT2D eigenvalue weighted by Gasteiger charge is -2.26. The van der Waals surface area contributed by atoms with E-state index in [1.165, 1.54) is 18.6 Å². The number of hydrogen-bond acceptors (Lipinski definition) is 18. The number of amides is 11. The molecule has 29 heteroatoms. The van der Waals surface area contributed by atoms with E-state index in [-0.39, 0.29) is 17.1 Å². The largest absolute Gasteiger partial charge is 0.368 e. The Labute approximate surface area is 428 Å². The molecule has 1 aliphatic rings. The van der Waals surface area contributed by atoms with Crippen LogP contribution in [0.4, 0.5) is 0 Å². The van der Waals surface area contributed by atoms with Crippen LogP contribution in [0, 0.1) is 0 Å². The molecule has 7 rings (SSSR count). The van der Waals surface area contributed by atoms with Crippen molar-refractivity contribution in [3.8, 4) is 0 Å². The molecule has 0 bridgehead atoms. The van der Waals surface area contributed by atoms with Crippen LogP contribution in [0.1, 0.15) is 37.9 Å². The SMILES string of the molecule is NCC1NC(=O)C[C@@H](C(N)=O)NC(=O)C(CNC(=O)c2cnc3ccccc3n2)NC(=O)CNC(=O)CNC(=O)C(CNC(=O)c2cnc3ccccc3n2)NC(=O)C(CNC(=O)c2cnc3ccccc3n2)NC1=O. The van der Waals surface area contributed by atoms with Gasteiger partial charge in [-0.2, -0.15) is 0 Å². The van der Waals surface area contributed by atoms with Gasteiger partial charge in [-0.05, 0) is 36.4 Å². The van der Waals surface area contributed by atoms with E-state index in [4.69, 9.17) is 11.5 Å². The number of carbonyl (C=O) groups is 11. The van der Waals surface area contributed by atoms with Gasteiger partial charge in [0.2, 0.25) is 47.3 Å². The van der Waals surface area contributed by atoms with E-state index in [2.05, 4.69) is 83.1 Å². The van der Waals surface area contributed by atoms with Gasteiger partial charge in [-0.3, -0.25) is 67.7 Å². The van der Waals surface area contributed by atoms with Crippen molar-refractivity contribution >= 4 is 98.1 Å². The normalized spacial score (nSPS) is 19.4. The Bertz CT molecular complexity index is 3270. The van der Waals surface area contributed by atoms with E-state index >= 15 is 0 Å². The smallest absolute Gasteiger partial charge is 0.271 e. The van der Waals surface area contributed by atoms with Gasteiger partial charge >= 0.3 is 0 Å². The standard InChI is InChI=1S/C47H48N18O11/c48-14-30-45(74)65-36(20-56-43(72)33-17-52-25-9-3-6-12-28(25)60-33)47(76)64-34(18-54-41(70)31-15-50-23-7-1-4-10-26(23)58-31)44(73)57-21-38(67)53-22-39(68)62-35(46(75)63-29(40(49)69)13-37(66)61-30)19-55-42(71)32-16-51-24-8-2-5-11-27(24)59-32/h1-12,15-17,29-30,34-36H,13-14,18-22,48H2,(H2,49,69)(H,53,67)(H,54,70)(H,55,71)(H,56,72)(H,57,73)(H,61,66)(H,62,68)(H,63,75)(H,64,76)(H,65,74)/t29-,30?,34?,35?,36?/m0/s1. The van der Waals surface area contributed by atoms with Crippen molar-refractivity contribution in [2.24, 2.45) is 11.5 Å². The molecule has 11 amide bonds. The number of nitrogens with one attached hydrogen (secondary N) is 10. The summed E-state index contributed by atoms with van der Waals surface area (Å²) in [7, 11) is 0. The maximum Gasteiger partial charge on any atom is 0.271 e. The number of para-hydroxylation sites is 6. The van der Waals surface area contributed by atoms with Crippen LogP contribution in [0.3, 0.4) is 0 Å². The summed E-state index contributed by atoms with van der Waals surface area (Å²) < 4.78 is 0. The molecule has 76 heavy (non-hydrogen) atoms. The molecule has 1 saturated heterocycles. The second-order valence-electron chi connectivity index (χ2n) is 16.6. The average Bonchev–Trinajstić information content (AvgIpc) is 3.42. The molecular formula is C47H48N18O11. The summed E-state index contributed by atoms with van der Waals surface area (Å²) in [4.78, 5) is 173. The molecule has 4 heterocycles. The minimum Gasteiger partial charge on any atom is -0.368 e. The summed E-state index contributed by atoms with van der Waals surface area (Å²) in [6, 6.07) is 11.2. The summed E-state index contributed by atoms with van der Waals surface area (Å²) >= 11 is 0. The zero-order chi connectivity index (χ0) is 54.3. The van der Waals surface area contributed by atoms with Gasteiger partial charge in [-0.15, -0.1) is 0 Å². The zero-order valence-corrected chi connectivity index (χ0v) is 39.8. The van der Waals surface area contributed by atoms with E-state index in [1.54, 1.807) is 72.8 Å². The Morgan fingerprint density at radius 2 is 0.829 bits per heavy atom. The summed E-state index contributed by atoms with van der Waals surface area (Å²) in [6.45, 7) is -4.34. The van der Waals surface area contributed by atoms with E-state index in [9.17, 15) is 52.7 Å². The number of carbonyl (C=O) groups excluding carboxylic acids is 11. The van der Waals surface area contributed by atoms with Crippen molar-refractivity contribution in [3.63, 3.8) is 0 Å². The van der Waals surface area contributed by atoms with Gasteiger partial charge in [0.1, 0.15) is 47.3 Å². The Morgan fingerprint density at radius 3 is 1.26 bits per heavy atom. The van der Waals surface area contributed by atoms with Crippen molar-refractivity contribution in [3.05, 3.63) is 108 Å². The minimum atomic E-state index is -1.81. The molecule has 0 aliphatic carbocycles. The van der Waals surface area contributed by atoms with Crippen LogP contribution in [0.25, 0.3) is 33.1 Å². The Hall–Kier alpha value is -10.2. The van der Waals surface area contributed by atoms with E-state index < -0.39 is 141 Å². The third-order valence-electron chi connectivity index (χ3n) is 11.2. The van der Waals surface area contributed by atoms with E-state index in [0.717, 1.165) is 0 Å². The number of fused-ring (bicyclic) bond motifs is 3. The first-order valence-electron chi connectivity index (χ1n) is 23.1.